The number of hydrogen-bond acceptors (Lipinski definition) is 4. The minimum absolute atomic E-state index is 0.111. The molecule has 1 aliphatic carbocycles. The summed E-state index contributed by atoms with van der Waals surface area (Å²) in [6.07, 6.45) is 1.09. The van der Waals surface area contributed by atoms with Crippen molar-refractivity contribution in [1.29, 1.82) is 0 Å². The topological polar surface area (TPSA) is 70.6 Å². The Labute approximate surface area is 102 Å². The molecule has 0 radical (unpaired) electrons. The summed E-state index contributed by atoms with van der Waals surface area (Å²) in [4.78, 5) is 11.7. The largest absolute Gasteiger partial charge is 0.444 e. The number of hydrogen-bond donors (Lipinski definition) is 3. The quantitative estimate of drug-likeness (QED) is 0.630. The molecule has 0 spiro atoms. The minimum Gasteiger partial charge on any atom is -0.444 e. The third kappa shape index (κ3) is 2.90. The van der Waals surface area contributed by atoms with E-state index in [1.165, 1.54) is 0 Å². The predicted molar refractivity (Wildman–Crippen MR) is 63.7 cm³/mol. The average Bonchev–Trinajstić information content (AvgIpc) is 2.21. The van der Waals surface area contributed by atoms with Crippen LogP contribution in [0.1, 0.15) is 33.6 Å². The van der Waals surface area contributed by atoms with Crippen LogP contribution in [0.4, 0.5) is 4.79 Å². The van der Waals surface area contributed by atoms with Crippen LogP contribution in [0.3, 0.4) is 0 Å². The molecule has 4 atom stereocenters. The van der Waals surface area contributed by atoms with E-state index in [1.807, 2.05) is 20.8 Å². The first kappa shape index (κ1) is 12.6. The van der Waals surface area contributed by atoms with Gasteiger partial charge >= 0.3 is 6.09 Å². The number of rotatable bonds is 1. The van der Waals surface area contributed by atoms with E-state index in [0.717, 1.165) is 19.4 Å². The smallest absolute Gasteiger partial charge is 0.407 e. The SMILES string of the molecule is CC(C)(C)OC(=O)N[C@H]1[C@H]2CC[C@@H](NC2)[C@H]1O. The second-order valence-electron chi connectivity index (χ2n) is 6.01. The lowest BCUT2D eigenvalue weighted by atomic mass is 9.75. The van der Waals surface area contributed by atoms with Crippen molar-refractivity contribution in [3.05, 3.63) is 0 Å². The van der Waals surface area contributed by atoms with Crippen molar-refractivity contribution in [3.63, 3.8) is 0 Å². The number of aliphatic hydroxyl groups is 1. The lowest BCUT2D eigenvalue weighted by Crippen LogP contribution is -2.66. The normalized spacial score (nSPS) is 36.7. The maximum atomic E-state index is 11.7. The fraction of sp³-hybridized carbons (Fsp3) is 0.917. The van der Waals surface area contributed by atoms with E-state index in [-0.39, 0.29) is 12.1 Å². The van der Waals surface area contributed by atoms with Gasteiger partial charge in [-0.15, -0.1) is 0 Å². The Kier molecular flexibility index (Phi) is 3.32. The van der Waals surface area contributed by atoms with E-state index in [0.29, 0.717) is 5.92 Å². The number of carbonyl (C=O) groups excluding carboxylic acids is 1. The molecule has 3 rings (SSSR count). The Balaban J connectivity index is 1.92. The Morgan fingerprint density at radius 2 is 2.12 bits per heavy atom. The van der Waals surface area contributed by atoms with Crippen LogP contribution in [0.2, 0.25) is 0 Å². The number of ether oxygens (including phenoxy) is 1. The van der Waals surface area contributed by atoms with E-state index in [1.54, 1.807) is 0 Å². The zero-order valence-corrected chi connectivity index (χ0v) is 10.7. The monoisotopic (exact) mass is 242 g/mol. The number of piperidine rings is 2. The van der Waals surface area contributed by atoms with Gasteiger partial charge < -0.3 is 20.5 Å². The van der Waals surface area contributed by atoms with Crippen molar-refractivity contribution in [2.24, 2.45) is 5.92 Å². The Bertz CT molecular complexity index is 291. The maximum absolute atomic E-state index is 11.7. The molecule has 3 fully saturated rings. The Morgan fingerprint density at radius 1 is 1.41 bits per heavy atom. The van der Waals surface area contributed by atoms with Gasteiger partial charge in [-0.05, 0) is 39.5 Å². The molecule has 0 aromatic carbocycles. The van der Waals surface area contributed by atoms with Crippen molar-refractivity contribution in [2.75, 3.05) is 6.54 Å². The summed E-state index contributed by atoms with van der Waals surface area (Å²) in [6.45, 7) is 6.36. The highest BCUT2D eigenvalue weighted by Crippen LogP contribution is 2.29. The molecule has 17 heavy (non-hydrogen) atoms. The standard InChI is InChI=1S/C12H22N2O3/c1-12(2,3)17-11(16)14-9-7-4-5-8(10(9)15)13-6-7/h7-10,13,15H,4-6H2,1-3H3,(H,14,16)/t7-,8+,9-,10+/m0/s1. The molecule has 0 aromatic heterocycles. The summed E-state index contributed by atoms with van der Waals surface area (Å²) < 4.78 is 5.21. The molecule has 98 valence electrons. The second-order valence-corrected chi connectivity index (χ2v) is 6.01. The average molecular weight is 242 g/mol. The van der Waals surface area contributed by atoms with Crippen LogP contribution < -0.4 is 10.6 Å². The molecule has 3 aliphatic rings. The molecule has 5 heteroatoms. The highest BCUT2D eigenvalue weighted by molar-refractivity contribution is 5.68. The van der Waals surface area contributed by atoms with Gasteiger partial charge in [0.25, 0.3) is 0 Å². The van der Waals surface area contributed by atoms with Crippen molar-refractivity contribution in [2.45, 2.75) is 57.4 Å². The molecule has 2 aliphatic heterocycles. The molecule has 5 nitrogen and oxygen atoms in total. The van der Waals surface area contributed by atoms with E-state index < -0.39 is 17.8 Å². The highest BCUT2D eigenvalue weighted by atomic mass is 16.6. The van der Waals surface area contributed by atoms with Crippen LogP contribution in [0.5, 0.6) is 0 Å². The minimum atomic E-state index is -0.505. The molecule has 2 heterocycles. The number of fused-ring (bicyclic) bond motifs is 3. The van der Waals surface area contributed by atoms with Crippen LogP contribution >= 0.6 is 0 Å². The third-order valence-corrected chi connectivity index (χ3v) is 3.46. The number of amides is 1. The van der Waals surface area contributed by atoms with E-state index in [2.05, 4.69) is 10.6 Å². The molecule has 0 unspecified atom stereocenters. The van der Waals surface area contributed by atoms with Crippen molar-refractivity contribution in [1.82, 2.24) is 10.6 Å². The number of carbonyl (C=O) groups is 1. The summed E-state index contributed by atoms with van der Waals surface area (Å²) in [7, 11) is 0. The lowest BCUT2D eigenvalue weighted by molar-refractivity contribution is -0.0132. The van der Waals surface area contributed by atoms with Gasteiger partial charge in [0.15, 0.2) is 0 Å². The fourth-order valence-electron chi connectivity index (χ4n) is 2.67. The maximum Gasteiger partial charge on any atom is 0.407 e. The van der Waals surface area contributed by atoms with Crippen LogP contribution in [0.15, 0.2) is 0 Å². The molecule has 1 amide bonds. The van der Waals surface area contributed by atoms with Gasteiger partial charge in [0.1, 0.15) is 5.60 Å². The van der Waals surface area contributed by atoms with Crippen molar-refractivity contribution >= 4 is 6.09 Å². The number of alkyl carbamates (subject to hydrolysis) is 1. The van der Waals surface area contributed by atoms with Gasteiger partial charge in [-0.2, -0.15) is 0 Å². The first-order chi connectivity index (χ1) is 7.87. The Morgan fingerprint density at radius 3 is 2.59 bits per heavy atom. The molecule has 0 aromatic rings. The molecular weight excluding hydrogens is 220 g/mol. The van der Waals surface area contributed by atoms with E-state index >= 15 is 0 Å². The van der Waals surface area contributed by atoms with Crippen LogP contribution in [0.25, 0.3) is 0 Å². The van der Waals surface area contributed by atoms with Gasteiger partial charge in [0.2, 0.25) is 0 Å². The zero-order valence-electron chi connectivity index (χ0n) is 10.7. The van der Waals surface area contributed by atoms with Crippen molar-refractivity contribution in [3.8, 4) is 0 Å². The van der Waals surface area contributed by atoms with Gasteiger partial charge in [-0.3, -0.25) is 0 Å². The Hall–Kier alpha value is -0.810. The first-order valence-corrected chi connectivity index (χ1v) is 6.28. The highest BCUT2D eigenvalue weighted by Gasteiger charge is 2.43. The summed E-state index contributed by atoms with van der Waals surface area (Å²) in [6, 6.07) is -0.0650. The van der Waals surface area contributed by atoms with Gasteiger partial charge in [-0.1, -0.05) is 0 Å². The molecule has 3 N–H and O–H groups in total. The first-order valence-electron chi connectivity index (χ1n) is 6.28. The van der Waals surface area contributed by atoms with Crippen LogP contribution in [-0.4, -0.2) is 41.5 Å². The predicted octanol–water partition coefficient (Wildman–Crippen LogP) is 0.622. The zero-order chi connectivity index (χ0) is 12.6. The number of nitrogens with one attached hydrogen (secondary N) is 2. The van der Waals surface area contributed by atoms with Gasteiger partial charge in [0.05, 0.1) is 12.1 Å². The number of aliphatic hydroxyl groups excluding tert-OH is 1. The van der Waals surface area contributed by atoms with Gasteiger partial charge in [-0.25, -0.2) is 4.79 Å². The molecule has 2 bridgehead atoms. The second kappa shape index (κ2) is 4.46. The molecular formula is C12H22N2O3. The fourth-order valence-corrected chi connectivity index (χ4v) is 2.67. The summed E-state index contributed by atoms with van der Waals surface area (Å²) in [5, 5.41) is 16.2. The third-order valence-electron chi connectivity index (χ3n) is 3.46. The van der Waals surface area contributed by atoms with E-state index in [4.69, 9.17) is 4.74 Å². The summed E-state index contributed by atoms with van der Waals surface area (Å²) >= 11 is 0. The molecule has 1 saturated carbocycles. The van der Waals surface area contributed by atoms with Crippen LogP contribution in [-0.2, 0) is 4.74 Å². The van der Waals surface area contributed by atoms with E-state index in [9.17, 15) is 9.90 Å². The summed E-state index contributed by atoms with van der Waals surface area (Å²) in [5.74, 6) is 0.308. The van der Waals surface area contributed by atoms with Crippen molar-refractivity contribution < 1.29 is 14.6 Å². The molecule has 2 saturated heterocycles. The van der Waals surface area contributed by atoms with Crippen LogP contribution in [0, 0.1) is 5.92 Å². The summed E-state index contributed by atoms with van der Waals surface area (Å²) in [5.41, 5.74) is -0.499. The van der Waals surface area contributed by atoms with Gasteiger partial charge in [0, 0.05) is 12.6 Å². The lowest BCUT2D eigenvalue weighted by Gasteiger charge is -2.46.